The minimum atomic E-state index is 0.433. The zero-order valence-electron chi connectivity index (χ0n) is 18.3. The highest BCUT2D eigenvalue weighted by atomic mass is 15.4. The van der Waals surface area contributed by atoms with E-state index in [0.717, 1.165) is 35.6 Å². The second-order valence-corrected chi connectivity index (χ2v) is 8.31. The molecular weight excluding hydrogens is 396 g/mol. The highest BCUT2D eigenvalue weighted by molar-refractivity contribution is 5.65. The van der Waals surface area contributed by atoms with Gasteiger partial charge in [0, 0.05) is 37.5 Å². The summed E-state index contributed by atoms with van der Waals surface area (Å²) in [6.45, 7) is 3.15. The topological polar surface area (TPSA) is 61.4 Å². The second-order valence-electron chi connectivity index (χ2n) is 8.31. The second kappa shape index (κ2) is 8.75. The van der Waals surface area contributed by atoms with Crippen LogP contribution in [0, 0.1) is 5.92 Å². The lowest BCUT2D eigenvalue weighted by Crippen LogP contribution is -2.11. The normalized spacial score (nSPS) is 17.7. The minimum absolute atomic E-state index is 0.433. The van der Waals surface area contributed by atoms with Crippen molar-refractivity contribution in [1.29, 1.82) is 0 Å². The fourth-order valence-corrected chi connectivity index (χ4v) is 4.27. The average molecular weight is 423 g/mol. The van der Waals surface area contributed by atoms with E-state index in [1.165, 1.54) is 11.1 Å². The molecule has 1 aromatic carbocycles. The monoisotopic (exact) mass is 422 g/mol. The Hall–Kier alpha value is -3.80. The highest BCUT2D eigenvalue weighted by Gasteiger charge is 2.19. The predicted octanol–water partition coefficient (Wildman–Crippen LogP) is 4.83. The summed E-state index contributed by atoms with van der Waals surface area (Å²) in [4.78, 5) is 9.11. The van der Waals surface area contributed by atoms with Crippen molar-refractivity contribution >= 4 is 0 Å². The number of rotatable bonds is 6. The molecule has 0 fully saturated rings. The number of allylic oxidation sites excluding steroid dienone is 4. The van der Waals surface area contributed by atoms with Gasteiger partial charge in [-0.25, -0.2) is 4.98 Å². The summed E-state index contributed by atoms with van der Waals surface area (Å²) in [5, 5.41) is 8.21. The summed E-state index contributed by atoms with van der Waals surface area (Å²) in [7, 11) is 1.86. The molecule has 6 heteroatoms. The number of aryl methyl sites for hydroxylation is 3. The molecule has 0 amide bonds. The van der Waals surface area contributed by atoms with Crippen LogP contribution in [0.25, 0.3) is 22.6 Å². The lowest BCUT2D eigenvalue weighted by atomic mass is 9.81. The zero-order valence-corrected chi connectivity index (χ0v) is 18.3. The van der Waals surface area contributed by atoms with Gasteiger partial charge in [-0.3, -0.25) is 9.67 Å². The van der Waals surface area contributed by atoms with E-state index >= 15 is 0 Å². The average Bonchev–Trinajstić information content (AvgIpc) is 3.48. The van der Waals surface area contributed by atoms with Gasteiger partial charge >= 0.3 is 0 Å². The summed E-state index contributed by atoms with van der Waals surface area (Å²) < 4.78 is 3.84. The number of nitrogens with zero attached hydrogens (tertiary/aromatic N) is 6. The van der Waals surface area contributed by atoms with Crippen LogP contribution in [0.2, 0.25) is 0 Å². The smallest absolute Gasteiger partial charge is 0.113 e. The van der Waals surface area contributed by atoms with E-state index in [-0.39, 0.29) is 0 Å². The molecule has 0 saturated carbocycles. The van der Waals surface area contributed by atoms with Crippen LogP contribution in [0.3, 0.4) is 0 Å². The lowest BCUT2D eigenvalue weighted by molar-refractivity contribution is 0.620. The van der Waals surface area contributed by atoms with Crippen LogP contribution >= 0.6 is 0 Å². The van der Waals surface area contributed by atoms with E-state index in [0.29, 0.717) is 11.8 Å². The van der Waals surface area contributed by atoms with E-state index < -0.39 is 0 Å². The number of hydrogen-bond acceptors (Lipinski definition) is 4. The molecule has 3 aromatic heterocycles. The molecule has 32 heavy (non-hydrogen) atoms. The van der Waals surface area contributed by atoms with E-state index in [2.05, 4.69) is 86.5 Å². The summed E-state index contributed by atoms with van der Waals surface area (Å²) in [5.74, 6) is 0.941. The van der Waals surface area contributed by atoms with Gasteiger partial charge in [0.2, 0.25) is 0 Å². The van der Waals surface area contributed by atoms with Gasteiger partial charge in [-0.05, 0) is 35.6 Å². The van der Waals surface area contributed by atoms with Crippen molar-refractivity contribution in [3.05, 3.63) is 96.7 Å². The molecule has 0 saturated heterocycles. The number of hydrogen-bond donors (Lipinski definition) is 0. The Morgan fingerprint density at radius 3 is 2.66 bits per heavy atom. The Balaban J connectivity index is 1.32. The van der Waals surface area contributed by atoms with E-state index in [1.807, 2.05) is 31.7 Å². The SMILES string of the molecule is CC1C=CC=CC1c1ccccc1CCn1cnc(-c2cc(-c3cn(C)nn3)ccn2)c1. The van der Waals surface area contributed by atoms with Crippen molar-refractivity contribution in [1.82, 2.24) is 29.5 Å². The van der Waals surface area contributed by atoms with Gasteiger partial charge in [0.05, 0.1) is 18.2 Å². The molecule has 5 rings (SSSR count). The van der Waals surface area contributed by atoms with Crippen LogP contribution in [0.15, 0.2) is 85.6 Å². The van der Waals surface area contributed by atoms with E-state index in [9.17, 15) is 0 Å². The first kappa shape index (κ1) is 20.1. The van der Waals surface area contributed by atoms with Crippen LogP contribution in [0.1, 0.15) is 24.0 Å². The molecule has 1 aliphatic carbocycles. The molecule has 4 aromatic rings. The Morgan fingerprint density at radius 2 is 1.81 bits per heavy atom. The number of pyridine rings is 1. The molecular formula is C26H26N6. The molecule has 0 radical (unpaired) electrons. The summed E-state index contributed by atoms with van der Waals surface area (Å²) in [5.41, 5.74) is 6.31. The largest absolute Gasteiger partial charge is 0.336 e. The fraction of sp³-hybridized carbons (Fsp3) is 0.231. The maximum Gasteiger partial charge on any atom is 0.113 e. The van der Waals surface area contributed by atoms with E-state index in [4.69, 9.17) is 0 Å². The van der Waals surface area contributed by atoms with Crippen LogP contribution in [0.4, 0.5) is 0 Å². The number of benzene rings is 1. The molecule has 3 heterocycles. The molecule has 6 nitrogen and oxygen atoms in total. The summed E-state index contributed by atoms with van der Waals surface area (Å²) >= 11 is 0. The summed E-state index contributed by atoms with van der Waals surface area (Å²) in [6.07, 6.45) is 17.5. The van der Waals surface area contributed by atoms with Crippen LogP contribution in [0.5, 0.6) is 0 Å². The maximum atomic E-state index is 4.60. The van der Waals surface area contributed by atoms with Gasteiger partial charge in [0.15, 0.2) is 0 Å². The van der Waals surface area contributed by atoms with Crippen molar-refractivity contribution < 1.29 is 0 Å². The molecule has 1 aliphatic rings. The first-order valence-electron chi connectivity index (χ1n) is 10.9. The zero-order chi connectivity index (χ0) is 21.9. The number of aromatic nitrogens is 6. The standard InChI is InChI=1S/C26H26N6/c1-19-7-3-5-9-22(19)23-10-6-4-8-20(23)12-14-32-17-26(28-18-32)24-15-21(11-13-27-24)25-16-31(2)30-29-25/h3-11,13,15-19,22H,12,14H2,1-2H3. The first-order valence-corrected chi connectivity index (χ1v) is 10.9. The van der Waals surface area contributed by atoms with Crippen molar-refractivity contribution in [3.63, 3.8) is 0 Å². The first-order chi connectivity index (χ1) is 15.7. The third kappa shape index (κ3) is 4.17. The van der Waals surface area contributed by atoms with Gasteiger partial charge in [0.1, 0.15) is 11.4 Å². The maximum absolute atomic E-state index is 4.60. The highest BCUT2D eigenvalue weighted by Crippen LogP contribution is 2.32. The lowest BCUT2D eigenvalue weighted by Gasteiger charge is -2.23. The quantitative estimate of drug-likeness (QED) is 0.447. The summed E-state index contributed by atoms with van der Waals surface area (Å²) in [6, 6.07) is 12.7. The molecule has 0 N–H and O–H groups in total. The van der Waals surface area contributed by atoms with Crippen molar-refractivity contribution in [2.45, 2.75) is 25.8 Å². The molecule has 160 valence electrons. The molecule has 2 unspecified atom stereocenters. The third-order valence-electron chi connectivity index (χ3n) is 6.02. The minimum Gasteiger partial charge on any atom is -0.336 e. The van der Waals surface area contributed by atoms with Crippen molar-refractivity contribution in [2.75, 3.05) is 0 Å². The Labute approximate surface area is 188 Å². The van der Waals surface area contributed by atoms with Gasteiger partial charge < -0.3 is 4.57 Å². The van der Waals surface area contributed by atoms with Gasteiger partial charge in [0.25, 0.3) is 0 Å². The predicted molar refractivity (Wildman–Crippen MR) is 126 cm³/mol. The molecule has 2 atom stereocenters. The van der Waals surface area contributed by atoms with E-state index in [1.54, 1.807) is 10.9 Å². The van der Waals surface area contributed by atoms with Crippen molar-refractivity contribution in [3.8, 4) is 22.6 Å². The molecule has 0 spiro atoms. The van der Waals surface area contributed by atoms with Crippen molar-refractivity contribution in [2.24, 2.45) is 13.0 Å². The Morgan fingerprint density at radius 1 is 0.938 bits per heavy atom. The van der Waals surface area contributed by atoms with Crippen LogP contribution < -0.4 is 0 Å². The van der Waals surface area contributed by atoms with Gasteiger partial charge in [-0.15, -0.1) is 5.10 Å². The van der Waals surface area contributed by atoms with Crippen LogP contribution in [-0.2, 0) is 20.0 Å². The van der Waals surface area contributed by atoms with Gasteiger partial charge in [-0.2, -0.15) is 0 Å². The Kier molecular flexibility index (Phi) is 5.50. The van der Waals surface area contributed by atoms with Crippen LogP contribution in [-0.4, -0.2) is 29.5 Å². The van der Waals surface area contributed by atoms with Gasteiger partial charge in [-0.1, -0.05) is 60.7 Å². The number of imidazole rings is 1. The molecule has 0 bridgehead atoms. The third-order valence-corrected chi connectivity index (χ3v) is 6.02. The Bertz CT molecular complexity index is 1280. The fourth-order valence-electron chi connectivity index (χ4n) is 4.27. The molecule has 0 aliphatic heterocycles.